The predicted molar refractivity (Wildman–Crippen MR) is 95.5 cm³/mol. The van der Waals surface area contributed by atoms with Crippen molar-refractivity contribution in [3.8, 4) is 11.5 Å². The van der Waals surface area contributed by atoms with Crippen molar-refractivity contribution in [2.75, 3.05) is 19.5 Å². The third-order valence-electron chi connectivity index (χ3n) is 4.09. The minimum atomic E-state index is -0.175. The summed E-state index contributed by atoms with van der Waals surface area (Å²) in [5.74, 6) is 2.36. The summed E-state index contributed by atoms with van der Waals surface area (Å²) in [6, 6.07) is 11.2. The van der Waals surface area contributed by atoms with Gasteiger partial charge in [0.2, 0.25) is 0 Å². The van der Waals surface area contributed by atoms with Gasteiger partial charge >= 0.3 is 0 Å². The van der Waals surface area contributed by atoms with Crippen molar-refractivity contribution in [1.82, 2.24) is 5.32 Å². The van der Waals surface area contributed by atoms with E-state index in [0.717, 1.165) is 34.8 Å². The summed E-state index contributed by atoms with van der Waals surface area (Å²) in [6.07, 6.45) is 0.996. The minimum Gasteiger partial charge on any atom is -0.493 e. The van der Waals surface area contributed by atoms with E-state index in [-0.39, 0.29) is 11.9 Å². The number of hydrogen-bond acceptors (Lipinski definition) is 4. The summed E-state index contributed by atoms with van der Waals surface area (Å²) in [4.78, 5) is 1.17. The number of fused-ring (bicyclic) bond motifs is 1. The second kappa shape index (κ2) is 7.90. The van der Waals surface area contributed by atoms with Crippen LogP contribution >= 0.6 is 11.8 Å². The van der Waals surface area contributed by atoms with Crippen LogP contribution in [0.1, 0.15) is 30.5 Å². The number of rotatable bonds is 6. The molecule has 1 atom stereocenters. The quantitative estimate of drug-likeness (QED) is 0.830. The van der Waals surface area contributed by atoms with Gasteiger partial charge in [-0.2, -0.15) is 0 Å². The van der Waals surface area contributed by atoms with Crippen molar-refractivity contribution in [3.63, 3.8) is 0 Å². The molecule has 1 aliphatic heterocycles. The molecule has 2 aromatic carbocycles. The first-order chi connectivity index (χ1) is 11.7. The van der Waals surface area contributed by atoms with Gasteiger partial charge in [0.15, 0.2) is 11.5 Å². The average molecular weight is 347 g/mol. The van der Waals surface area contributed by atoms with Crippen LogP contribution < -0.4 is 14.8 Å². The van der Waals surface area contributed by atoms with Crippen LogP contribution in [0.15, 0.2) is 41.3 Å². The first-order valence-corrected chi connectivity index (χ1v) is 9.15. The molecular weight excluding hydrogens is 325 g/mol. The molecule has 5 heteroatoms. The van der Waals surface area contributed by atoms with E-state index in [1.54, 1.807) is 24.9 Å². The maximum Gasteiger partial charge on any atom is 0.161 e. The molecule has 1 N–H and O–H groups in total. The Hall–Kier alpha value is -1.72. The molecule has 0 saturated carbocycles. The number of methoxy groups -OCH3 is 1. The number of benzene rings is 2. The van der Waals surface area contributed by atoms with Gasteiger partial charge in [-0.25, -0.2) is 4.39 Å². The van der Waals surface area contributed by atoms with E-state index in [4.69, 9.17) is 9.47 Å². The lowest BCUT2D eigenvalue weighted by molar-refractivity contribution is 0.310. The molecule has 1 heterocycles. The van der Waals surface area contributed by atoms with Crippen LogP contribution in [-0.4, -0.2) is 19.5 Å². The highest BCUT2D eigenvalue weighted by molar-refractivity contribution is 7.99. The Kier molecular flexibility index (Phi) is 5.63. The third kappa shape index (κ3) is 3.84. The van der Waals surface area contributed by atoms with Gasteiger partial charge in [-0.15, -0.1) is 11.8 Å². The Morgan fingerprint density at radius 3 is 2.88 bits per heavy atom. The van der Waals surface area contributed by atoms with E-state index in [1.165, 1.54) is 11.0 Å². The Morgan fingerprint density at radius 2 is 2.08 bits per heavy atom. The minimum absolute atomic E-state index is 0.175. The van der Waals surface area contributed by atoms with Crippen molar-refractivity contribution >= 4 is 11.8 Å². The van der Waals surface area contributed by atoms with Gasteiger partial charge in [-0.3, -0.25) is 0 Å². The number of halogens is 1. The third-order valence-corrected chi connectivity index (χ3v) is 5.21. The topological polar surface area (TPSA) is 30.5 Å². The molecule has 128 valence electrons. The predicted octanol–water partition coefficient (Wildman–Crippen LogP) is 4.56. The fraction of sp³-hybridized carbons (Fsp3) is 0.368. The zero-order valence-corrected chi connectivity index (χ0v) is 14.8. The highest BCUT2D eigenvalue weighted by Gasteiger charge is 2.21. The Morgan fingerprint density at radius 1 is 1.21 bits per heavy atom. The fourth-order valence-corrected chi connectivity index (χ4v) is 4.02. The molecule has 0 radical (unpaired) electrons. The number of hydrogen-bond donors (Lipinski definition) is 1. The molecule has 0 bridgehead atoms. The summed E-state index contributed by atoms with van der Waals surface area (Å²) >= 11 is 1.79. The average Bonchev–Trinajstić information content (AvgIpc) is 2.60. The Labute approximate surface area is 146 Å². The molecule has 24 heavy (non-hydrogen) atoms. The van der Waals surface area contributed by atoms with Gasteiger partial charge in [0.05, 0.1) is 13.7 Å². The monoisotopic (exact) mass is 347 g/mol. The highest BCUT2D eigenvalue weighted by Crippen LogP contribution is 2.37. The number of nitrogens with one attached hydrogen (secondary N) is 1. The van der Waals surface area contributed by atoms with Crippen LogP contribution in [0.3, 0.4) is 0 Å². The van der Waals surface area contributed by atoms with Crippen LogP contribution in [0.5, 0.6) is 11.5 Å². The summed E-state index contributed by atoms with van der Waals surface area (Å²) in [5.41, 5.74) is 2.18. The Balaban J connectivity index is 1.73. The molecule has 0 aliphatic carbocycles. The SMILES string of the molecule is CCOc1cc(CNC2CCSc3ccc(F)cc32)ccc1OC. The molecule has 3 rings (SSSR count). The molecule has 0 spiro atoms. The molecule has 1 unspecified atom stereocenters. The molecule has 2 aromatic rings. The number of thioether (sulfide) groups is 1. The van der Waals surface area contributed by atoms with Gasteiger partial charge < -0.3 is 14.8 Å². The van der Waals surface area contributed by atoms with Gasteiger partial charge in [0.1, 0.15) is 5.82 Å². The van der Waals surface area contributed by atoms with Crippen LogP contribution in [0, 0.1) is 5.82 Å². The van der Waals surface area contributed by atoms with Gasteiger partial charge in [0, 0.05) is 17.5 Å². The normalized spacial score (nSPS) is 16.5. The van der Waals surface area contributed by atoms with Gasteiger partial charge in [-0.05, 0) is 60.6 Å². The number of ether oxygens (including phenoxy) is 2. The maximum absolute atomic E-state index is 13.6. The zero-order chi connectivity index (χ0) is 16.9. The zero-order valence-electron chi connectivity index (χ0n) is 14.0. The highest BCUT2D eigenvalue weighted by atomic mass is 32.2. The van der Waals surface area contributed by atoms with E-state index in [1.807, 2.05) is 31.2 Å². The van der Waals surface area contributed by atoms with Crippen molar-refractivity contribution in [1.29, 1.82) is 0 Å². The van der Waals surface area contributed by atoms with Crippen LogP contribution in [0.2, 0.25) is 0 Å². The summed E-state index contributed by atoms with van der Waals surface area (Å²) in [7, 11) is 1.64. The summed E-state index contributed by atoms with van der Waals surface area (Å²) in [5, 5.41) is 3.55. The molecule has 0 amide bonds. The first-order valence-electron chi connectivity index (χ1n) is 8.16. The molecule has 0 fully saturated rings. The van der Waals surface area contributed by atoms with Crippen LogP contribution in [0.4, 0.5) is 4.39 Å². The molecular formula is C19H22FNO2S. The molecule has 0 saturated heterocycles. The van der Waals surface area contributed by atoms with E-state index < -0.39 is 0 Å². The molecule has 0 aromatic heterocycles. The lowest BCUT2D eigenvalue weighted by atomic mass is 10.0. The standard InChI is InChI=1S/C19H22FNO2S/c1-3-23-18-10-13(4-6-17(18)22-2)12-21-16-8-9-24-19-7-5-14(20)11-15(16)19/h4-7,10-11,16,21H,3,8-9,12H2,1-2H3. The summed E-state index contributed by atoms with van der Waals surface area (Å²) in [6.45, 7) is 3.25. The van der Waals surface area contributed by atoms with Crippen molar-refractivity contribution < 1.29 is 13.9 Å². The van der Waals surface area contributed by atoms with Crippen molar-refractivity contribution in [2.24, 2.45) is 0 Å². The van der Waals surface area contributed by atoms with E-state index in [9.17, 15) is 4.39 Å². The second-order valence-electron chi connectivity index (χ2n) is 5.67. The van der Waals surface area contributed by atoms with Crippen LogP contribution in [0.25, 0.3) is 0 Å². The molecule has 3 nitrogen and oxygen atoms in total. The molecule has 1 aliphatic rings. The van der Waals surface area contributed by atoms with Gasteiger partial charge in [-0.1, -0.05) is 6.07 Å². The second-order valence-corrected chi connectivity index (χ2v) is 6.81. The largest absolute Gasteiger partial charge is 0.493 e. The van der Waals surface area contributed by atoms with Crippen molar-refractivity contribution in [3.05, 3.63) is 53.3 Å². The summed E-state index contributed by atoms with van der Waals surface area (Å²) < 4.78 is 24.5. The maximum atomic E-state index is 13.6. The van der Waals surface area contributed by atoms with Gasteiger partial charge in [0.25, 0.3) is 0 Å². The van der Waals surface area contributed by atoms with E-state index >= 15 is 0 Å². The van der Waals surface area contributed by atoms with E-state index in [0.29, 0.717) is 13.2 Å². The fourth-order valence-electron chi connectivity index (χ4n) is 2.92. The first kappa shape index (κ1) is 17.1. The smallest absolute Gasteiger partial charge is 0.161 e. The van der Waals surface area contributed by atoms with Crippen molar-refractivity contribution in [2.45, 2.75) is 30.8 Å². The lowest BCUT2D eigenvalue weighted by Crippen LogP contribution is -2.24. The van der Waals surface area contributed by atoms with Crippen LogP contribution in [-0.2, 0) is 6.54 Å². The van der Waals surface area contributed by atoms with E-state index in [2.05, 4.69) is 5.32 Å². The lowest BCUT2D eigenvalue weighted by Gasteiger charge is -2.26. The Bertz CT molecular complexity index is 708.